The van der Waals surface area contributed by atoms with Gasteiger partial charge < -0.3 is 5.32 Å². The summed E-state index contributed by atoms with van der Waals surface area (Å²) in [5, 5.41) is 17.3. The van der Waals surface area contributed by atoms with Crippen LogP contribution in [0.15, 0.2) is 53.6 Å². The van der Waals surface area contributed by atoms with E-state index in [1.165, 1.54) is 18.3 Å². The second-order valence-electron chi connectivity index (χ2n) is 4.86. The number of nitrogens with one attached hydrogen (secondary N) is 2. The Labute approximate surface area is 133 Å². The number of hydrazone groups is 1. The lowest BCUT2D eigenvalue weighted by atomic mass is 10.2. The van der Waals surface area contributed by atoms with Crippen molar-refractivity contribution in [2.75, 3.05) is 11.9 Å². The number of carbonyl (C=O) groups is 1. The van der Waals surface area contributed by atoms with Crippen molar-refractivity contribution in [3.05, 3.63) is 69.8 Å². The van der Waals surface area contributed by atoms with E-state index in [1.54, 1.807) is 12.1 Å². The second-order valence-corrected chi connectivity index (χ2v) is 4.86. The van der Waals surface area contributed by atoms with Crippen LogP contribution in [0.25, 0.3) is 0 Å². The number of carbonyl (C=O) groups excluding carboxylic acids is 1. The molecule has 7 heteroatoms. The number of amides is 1. The highest BCUT2D eigenvalue weighted by Gasteiger charge is 2.03. The van der Waals surface area contributed by atoms with Crippen molar-refractivity contribution < 1.29 is 9.72 Å². The van der Waals surface area contributed by atoms with Gasteiger partial charge in [0.1, 0.15) is 0 Å². The number of benzene rings is 2. The van der Waals surface area contributed by atoms with Crippen LogP contribution < -0.4 is 10.7 Å². The summed E-state index contributed by atoms with van der Waals surface area (Å²) in [6, 6.07) is 13.5. The summed E-state index contributed by atoms with van der Waals surface area (Å²) < 4.78 is 0. The first kappa shape index (κ1) is 16.2. The van der Waals surface area contributed by atoms with Crippen LogP contribution in [0.2, 0.25) is 0 Å². The number of rotatable bonds is 6. The zero-order valence-corrected chi connectivity index (χ0v) is 12.5. The van der Waals surface area contributed by atoms with Gasteiger partial charge in [-0.25, -0.2) is 5.43 Å². The third kappa shape index (κ3) is 5.24. The molecule has 0 bridgehead atoms. The summed E-state index contributed by atoms with van der Waals surface area (Å²) in [5.41, 5.74) is 5.05. The molecule has 23 heavy (non-hydrogen) atoms. The van der Waals surface area contributed by atoms with Crippen LogP contribution in [0.1, 0.15) is 11.1 Å². The smallest absolute Gasteiger partial charge is 0.269 e. The Balaban J connectivity index is 1.79. The quantitative estimate of drug-likeness (QED) is 0.486. The third-order valence-electron chi connectivity index (χ3n) is 3.01. The summed E-state index contributed by atoms with van der Waals surface area (Å²) in [4.78, 5) is 21.7. The molecular weight excluding hydrogens is 296 g/mol. The number of aryl methyl sites for hydroxylation is 1. The van der Waals surface area contributed by atoms with Crippen molar-refractivity contribution in [3.8, 4) is 0 Å². The molecule has 0 saturated carbocycles. The number of hydrogen-bond acceptors (Lipinski definition) is 5. The highest BCUT2D eigenvalue weighted by atomic mass is 16.6. The molecule has 0 aliphatic rings. The predicted octanol–water partition coefficient (Wildman–Crippen LogP) is 2.47. The van der Waals surface area contributed by atoms with Gasteiger partial charge in [0.25, 0.3) is 11.6 Å². The van der Waals surface area contributed by atoms with Gasteiger partial charge in [-0.2, -0.15) is 5.10 Å². The number of nitro groups is 1. The fraction of sp³-hybridized carbons (Fsp3) is 0.125. The predicted molar refractivity (Wildman–Crippen MR) is 88.5 cm³/mol. The number of nitrogens with zero attached hydrogens (tertiary/aromatic N) is 2. The zero-order chi connectivity index (χ0) is 16.7. The fourth-order valence-electron chi connectivity index (χ4n) is 1.75. The number of anilines is 1. The molecule has 0 saturated heterocycles. The maximum atomic E-state index is 11.6. The van der Waals surface area contributed by atoms with Gasteiger partial charge in [0.15, 0.2) is 0 Å². The summed E-state index contributed by atoms with van der Waals surface area (Å²) in [7, 11) is 0. The van der Waals surface area contributed by atoms with Crippen molar-refractivity contribution in [2.45, 2.75) is 6.92 Å². The first-order chi connectivity index (χ1) is 11.0. The molecule has 118 valence electrons. The Morgan fingerprint density at radius 2 is 1.83 bits per heavy atom. The van der Waals surface area contributed by atoms with E-state index in [9.17, 15) is 14.9 Å². The van der Waals surface area contributed by atoms with Crippen molar-refractivity contribution in [3.63, 3.8) is 0 Å². The molecule has 0 aliphatic carbocycles. The number of non-ortho nitro benzene ring substituents is 1. The Bertz CT molecular complexity index is 709. The molecule has 2 aromatic rings. The molecule has 0 unspecified atom stereocenters. The molecular formula is C16H16N4O3. The summed E-state index contributed by atoms with van der Waals surface area (Å²) >= 11 is 0. The van der Waals surface area contributed by atoms with Crippen molar-refractivity contribution in [1.29, 1.82) is 0 Å². The van der Waals surface area contributed by atoms with E-state index in [0.29, 0.717) is 5.56 Å². The van der Waals surface area contributed by atoms with Crippen LogP contribution in [0.5, 0.6) is 0 Å². The van der Waals surface area contributed by atoms with E-state index in [-0.39, 0.29) is 18.1 Å². The lowest BCUT2D eigenvalue weighted by Gasteiger charge is -2.05. The lowest BCUT2D eigenvalue weighted by Crippen LogP contribution is -2.25. The molecule has 2 aromatic carbocycles. The van der Waals surface area contributed by atoms with Crippen LogP contribution in [-0.4, -0.2) is 23.6 Å². The largest absolute Gasteiger partial charge is 0.376 e. The first-order valence-electron chi connectivity index (χ1n) is 6.91. The van der Waals surface area contributed by atoms with Crippen LogP contribution in [0.4, 0.5) is 11.4 Å². The molecule has 2 N–H and O–H groups in total. The topological polar surface area (TPSA) is 96.6 Å². The van der Waals surface area contributed by atoms with Crippen LogP contribution in [-0.2, 0) is 4.79 Å². The number of nitro benzene ring substituents is 1. The van der Waals surface area contributed by atoms with E-state index in [4.69, 9.17) is 0 Å². The van der Waals surface area contributed by atoms with E-state index >= 15 is 0 Å². The van der Waals surface area contributed by atoms with Crippen molar-refractivity contribution in [1.82, 2.24) is 5.43 Å². The SMILES string of the molecule is Cc1ccc(NCC(=O)NN=Cc2ccc([N+](=O)[O-])cc2)cc1. The van der Waals surface area contributed by atoms with Gasteiger partial charge in [-0.1, -0.05) is 17.7 Å². The average Bonchev–Trinajstić information content (AvgIpc) is 2.55. The standard InChI is InChI=1S/C16H16N4O3/c1-12-2-6-14(7-3-12)17-11-16(21)19-18-10-13-4-8-15(9-5-13)20(22)23/h2-10,17H,11H2,1H3,(H,19,21). The van der Waals surface area contributed by atoms with Crippen molar-refractivity contribution >= 4 is 23.5 Å². The molecule has 0 radical (unpaired) electrons. The van der Waals surface area contributed by atoms with E-state index in [1.807, 2.05) is 31.2 Å². The van der Waals surface area contributed by atoms with E-state index in [2.05, 4.69) is 15.8 Å². The summed E-state index contributed by atoms with van der Waals surface area (Å²) in [6.07, 6.45) is 1.42. The summed E-state index contributed by atoms with van der Waals surface area (Å²) in [5.74, 6) is -0.288. The van der Waals surface area contributed by atoms with Crippen LogP contribution in [0.3, 0.4) is 0 Å². The van der Waals surface area contributed by atoms with Gasteiger partial charge in [-0.3, -0.25) is 14.9 Å². The minimum Gasteiger partial charge on any atom is -0.376 e. The molecule has 0 spiro atoms. The Kier molecular flexibility index (Phi) is 5.40. The molecule has 0 aromatic heterocycles. The molecule has 1 amide bonds. The van der Waals surface area contributed by atoms with Gasteiger partial charge in [-0.15, -0.1) is 0 Å². The average molecular weight is 312 g/mol. The minimum absolute atomic E-state index is 0.00786. The van der Waals surface area contributed by atoms with Gasteiger partial charge in [-0.05, 0) is 36.8 Å². The number of hydrogen-bond donors (Lipinski definition) is 2. The van der Waals surface area contributed by atoms with Crippen LogP contribution in [0, 0.1) is 17.0 Å². The molecule has 0 heterocycles. The van der Waals surface area contributed by atoms with Gasteiger partial charge >= 0.3 is 0 Å². The zero-order valence-electron chi connectivity index (χ0n) is 12.5. The molecule has 0 atom stereocenters. The third-order valence-corrected chi connectivity index (χ3v) is 3.01. The van der Waals surface area contributed by atoms with Gasteiger partial charge in [0.05, 0.1) is 17.7 Å². The molecule has 2 rings (SSSR count). The maximum Gasteiger partial charge on any atom is 0.269 e. The second kappa shape index (κ2) is 7.69. The highest BCUT2D eigenvalue weighted by molar-refractivity contribution is 5.84. The van der Waals surface area contributed by atoms with E-state index in [0.717, 1.165) is 11.3 Å². The normalized spacial score (nSPS) is 10.5. The first-order valence-corrected chi connectivity index (χ1v) is 6.91. The van der Waals surface area contributed by atoms with Gasteiger partial charge in [0.2, 0.25) is 0 Å². The van der Waals surface area contributed by atoms with Gasteiger partial charge in [0, 0.05) is 17.8 Å². The Morgan fingerprint density at radius 1 is 1.17 bits per heavy atom. The maximum absolute atomic E-state index is 11.6. The highest BCUT2D eigenvalue weighted by Crippen LogP contribution is 2.10. The fourth-order valence-corrected chi connectivity index (χ4v) is 1.75. The molecule has 0 fully saturated rings. The van der Waals surface area contributed by atoms with Crippen molar-refractivity contribution in [2.24, 2.45) is 5.10 Å². The Hall–Kier alpha value is -3.22. The minimum atomic E-state index is -0.473. The monoisotopic (exact) mass is 312 g/mol. The van der Waals surface area contributed by atoms with Crippen LogP contribution >= 0.6 is 0 Å². The van der Waals surface area contributed by atoms with E-state index < -0.39 is 4.92 Å². The molecule has 0 aliphatic heterocycles. The summed E-state index contributed by atoms with van der Waals surface area (Å²) in [6.45, 7) is 2.09. The Morgan fingerprint density at radius 3 is 2.43 bits per heavy atom. The lowest BCUT2D eigenvalue weighted by molar-refractivity contribution is -0.384. The molecule has 7 nitrogen and oxygen atoms in total.